The van der Waals surface area contributed by atoms with Gasteiger partial charge in [0.05, 0.1) is 6.54 Å². The summed E-state index contributed by atoms with van der Waals surface area (Å²) in [5.74, 6) is 1.41. The number of piperidine rings is 1. The molecule has 2 aromatic rings. The summed E-state index contributed by atoms with van der Waals surface area (Å²) in [5, 5.41) is 5.13. The number of nitrogens with zero attached hydrogens (tertiary/aromatic N) is 2. The highest BCUT2D eigenvalue weighted by Gasteiger charge is 2.28. The van der Waals surface area contributed by atoms with E-state index in [4.69, 9.17) is 9.47 Å². The monoisotopic (exact) mass is 401 g/mol. The van der Waals surface area contributed by atoms with E-state index in [1.165, 1.54) is 4.88 Å². The smallest absolute Gasteiger partial charge is 0.322 e. The molecule has 0 aliphatic carbocycles. The number of benzene rings is 1. The lowest BCUT2D eigenvalue weighted by Crippen LogP contribution is -2.48. The molecule has 28 heavy (non-hydrogen) atoms. The number of fused-ring (bicyclic) bond motifs is 1. The molecule has 0 unspecified atom stereocenters. The van der Waals surface area contributed by atoms with Crippen molar-refractivity contribution in [2.24, 2.45) is 0 Å². The van der Waals surface area contributed by atoms with E-state index in [1.807, 2.05) is 29.2 Å². The molecule has 2 amide bonds. The van der Waals surface area contributed by atoms with Gasteiger partial charge in [0.25, 0.3) is 0 Å². The third kappa shape index (κ3) is 4.42. The van der Waals surface area contributed by atoms with Gasteiger partial charge in [0.1, 0.15) is 13.2 Å². The number of likely N-dealkylation sites (tertiary alicyclic amines) is 1. The molecule has 6 nitrogen and oxygen atoms in total. The first-order chi connectivity index (χ1) is 13.7. The van der Waals surface area contributed by atoms with Crippen LogP contribution in [0.25, 0.3) is 0 Å². The topological polar surface area (TPSA) is 54.0 Å². The lowest BCUT2D eigenvalue weighted by Gasteiger charge is -2.38. The van der Waals surface area contributed by atoms with Crippen LogP contribution in [0.1, 0.15) is 24.6 Å². The maximum Gasteiger partial charge on any atom is 0.322 e. The number of hydrogen-bond donors (Lipinski definition) is 1. The minimum Gasteiger partial charge on any atom is -0.486 e. The number of thiophene rings is 1. The molecule has 2 aliphatic rings. The summed E-state index contributed by atoms with van der Waals surface area (Å²) in [6.45, 7) is 7.08. The van der Waals surface area contributed by atoms with Crippen molar-refractivity contribution in [3.05, 3.63) is 40.6 Å². The van der Waals surface area contributed by atoms with Gasteiger partial charge >= 0.3 is 6.03 Å². The summed E-state index contributed by atoms with van der Waals surface area (Å²) < 4.78 is 11.2. The van der Waals surface area contributed by atoms with Crippen molar-refractivity contribution in [1.82, 2.24) is 9.80 Å². The molecule has 1 N–H and O–H groups in total. The summed E-state index contributed by atoms with van der Waals surface area (Å²) >= 11 is 1.69. The molecular formula is C21H27N3O3S. The third-order valence-corrected chi connectivity index (χ3v) is 6.27. The van der Waals surface area contributed by atoms with Crippen molar-refractivity contribution in [1.29, 1.82) is 0 Å². The molecule has 0 bridgehead atoms. The van der Waals surface area contributed by atoms with E-state index in [1.54, 1.807) is 11.3 Å². The molecule has 0 radical (unpaired) electrons. The van der Waals surface area contributed by atoms with E-state index in [-0.39, 0.29) is 12.1 Å². The van der Waals surface area contributed by atoms with Crippen molar-refractivity contribution in [3.63, 3.8) is 0 Å². The fourth-order valence-electron chi connectivity index (χ4n) is 3.80. The molecule has 0 saturated carbocycles. The molecule has 1 aromatic carbocycles. The maximum atomic E-state index is 13.2. The minimum atomic E-state index is -0.0555. The molecule has 4 rings (SSSR count). The molecule has 3 heterocycles. The van der Waals surface area contributed by atoms with Crippen LogP contribution >= 0.6 is 11.3 Å². The van der Waals surface area contributed by atoms with Crippen LogP contribution < -0.4 is 14.8 Å². The number of nitrogens with one attached hydrogen (secondary N) is 1. The number of ether oxygens (including phenoxy) is 2. The molecular weight excluding hydrogens is 374 g/mol. The Kier molecular flexibility index (Phi) is 6.02. The van der Waals surface area contributed by atoms with Crippen LogP contribution in [0.2, 0.25) is 0 Å². The standard InChI is InChI=1S/C21H27N3O3S/c1-2-23-9-7-17(8-10-23)24(15-18-4-3-13-28-18)21(25)22-16-5-6-19-20(14-16)27-12-11-26-19/h3-6,13-14,17H,2,7-12,15H2,1H3,(H,22,25). The lowest BCUT2D eigenvalue weighted by atomic mass is 10.0. The van der Waals surface area contributed by atoms with Gasteiger partial charge in [-0.15, -0.1) is 11.3 Å². The quantitative estimate of drug-likeness (QED) is 0.822. The second kappa shape index (κ2) is 8.84. The van der Waals surface area contributed by atoms with Gasteiger partial charge in [-0.3, -0.25) is 0 Å². The SMILES string of the molecule is CCN1CCC(N(Cc2cccs2)C(=O)Nc2ccc3c(c2)OCCO3)CC1. The van der Waals surface area contributed by atoms with Crippen molar-refractivity contribution in [2.75, 3.05) is 38.2 Å². The second-order valence-corrected chi connectivity index (χ2v) is 8.19. The van der Waals surface area contributed by atoms with Crippen molar-refractivity contribution < 1.29 is 14.3 Å². The molecule has 0 atom stereocenters. The number of hydrogen-bond acceptors (Lipinski definition) is 5. The zero-order valence-corrected chi connectivity index (χ0v) is 17.0. The highest BCUT2D eigenvalue weighted by molar-refractivity contribution is 7.09. The van der Waals surface area contributed by atoms with Crippen LogP contribution in [0.3, 0.4) is 0 Å². The third-order valence-electron chi connectivity index (χ3n) is 5.41. The van der Waals surface area contributed by atoms with Gasteiger partial charge in [-0.25, -0.2) is 4.79 Å². The van der Waals surface area contributed by atoms with Gasteiger partial charge in [-0.05, 0) is 43.0 Å². The largest absolute Gasteiger partial charge is 0.486 e. The zero-order chi connectivity index (χ0) is 19.3. The Labute approximate surface area is 170 Å². The van der Waals surface area contributed by atoms with Crippen LogP contribution in [0.5, 0.6) is 11.5 Å². The number of carbonyl (C=O) groups excluding carboxylic acids is 1. The summed E-state index contributed by atoms with van der Waals surface area (Å²) in [4.78, 5) is 18.8. The number of rotatable bonds is 5. The highest BCUT2D eigenvalue weighted by Crippen LogP contribution is 2.33. The Morgan fingerprint density at radius 2 is 2.00 bits per heavy atom. The highest BCUT2D eigenvalue weighted by atomic mass is 32.1. The molecule has 1 aromatic heterocycles. The Morgan fingerprint density at radius 1 is 1.21 bits per heavy atom. The normalized spacial score (nSPS) is 17.3. The molecule has 1 fully saturated rings. The van der Waals surface area contributed by atoms with Crippen molar-refractivity contribution >= 4 is 23.1 Å². The average molecular weight is 402 g/mol. The van der Waals surface area contributed by atoms with E-state index < -0.39 is 0 Å². The molecule has 0 spiro atoms. The predicted molar refractivity (Wildman–Crippen MR) is 111 cm³/mol. The number of carbonyl (C=O) groups is 1. The summed E-state index contributed by atoms with van der Waals surface area (Å²) in [7, 11) is 0. The van der Waals surface area contributed by atoms with Gasteiger partial charge in [0.15, 0.2) is 11.5 Å². The van der Waals surface area contributed by atoms with Crippen molar-refractivity contribution in [3.8, 4) is 11.5 Å². The molecule has 150 valence electrons. The fraction of sp³-hybridized carbons (Fsp3) is 0.476. The molecule has 7 heteroatoms. The van der Waals surface area contributed by atoms with Gasteiger partial charge in [-0.1, -0.05) is 13.0 Å². The minimum absolute atomic E-state index is 0.0555. The Morgan fingerprint density at radius 3 is 2.71 bits per heavy atom. The van der Waals surface area contributed by atoms with Gasteiger partial charge in [0, 0.05) is 35.8 Å². The number of urea groups is 1. The van der Waals surface area contributed by atoms with E-state index in [0.29, 0.717) is 25.5 Å². The van der Waals surface area contributed by atoms with E-state index in [9.17, 15) is 4.79 Å². The van der Waals surface area contributed by atoms with Gasteiger partial charge < -0.3 is 24.6 Å². The Balaban J connectivity index is 1.48. The first-order valence-electron chi connectivity index (χ1n) is 9.95. The van der Waals surface area contributed by atoms with Crippen LogP contribution in [-0.4, -0.2) is 54.7 Å². The van der Waals surface area contributed by atoms with Crippen molar-refractivity contribution in [2.45, 2.75) is 32.4 Å². The van der Waals surface area contributed by atoms with Crippen LogP contribution in [0, 0.1) is 0 Å². The maximum absolute atomic E-state index is 13.2. The Bertz CT molecular complexity index is 788. The van der Waals surface area contributed by atoms with E-state index in [0.717, 1.165) is 43.9 Å². The van der Waals surface area contributed by atoms with Crippen LogP contribution in [0.4, 0.5) is 10.5 Å². The predicted octanol–water partition coefficient (Wildman–Crippen LogP) is 4.04. The summed E-state index contributed by atoms with van der Waals surface area (Å²) in [6.07, 6.45) is 2.02. The van der Waals surface area contributed by atoms with Crippen LogP contribution in [0.15, 0.2) is 35.7 Å². The average Bonchev–Trinajstić information content (AvgIpc) is 3.25. The number of amides is 2. The summed E-state index contributed by atoms with van der Waals surface area (Å²) in [5.41, 5.74) is 0.733. The second-order valence-electron chi connectivity index (χ2n) is 7.16. The molecule has 2 aliphatic heterocycles. The summed E-state index contributed by atoms with van der Waals surface area (Å²) in [6, 6.07) is 9.89. The zero-order valence-electron chi connectivity index (χ0n) is 16.2. The van der Waals surface area contributed by atoms with Gasteiger partial charge in [0.2, 0.25) is 0 Å². The fourth-order valence-corrected chi connectivity index (χ4v) is 4.50. The first-order valence-corrected chi connectivity index (χ1v) is 10.8. The Hall–Kier alpha value is -2.25. The lowest BCUT2D eigenvalue weighted by molar-refractivity contribution is 0.127. The molecule has 1 saturated heterocycles. The number of anilines is 1. The first kappa shape index (κ1) is 19.1. The van der Waals surface area contributed by atoms with E-state index >= 15 is 0 Å². The van der Waals surface area contributed by atoms with Crippen LogP contribution in [-0.2, 0) is 6.54 Å². The van der Waals surface area contributed by atoms with Gasteiger partial charge in [-0.2, -0.15) is 0 Å². The van der Waals surface area contributed by atoms with E-state index in [2.05, 4.69) is 28.6 Å².